The van der Waals surface area contributed by atoms with E-state index in [9.17, 15) is 0 Å². The minimum atomic E-state index is 0.612. The van der Waals surface area contributed by atoms with E-state index in [-0.39, 0.29) is 0 Å². The summed E-state index contributed by atoms with van der Waals surface area (Å²) in [5.41, 5.74) is 2.41. The van der Waals surface area contributed by atoms with Gasteiger partial charge in [-0.1, -0.05) is 17.3 Å². The lowest BCUT2D eigenvalue weighted by Gasteiger charge is -2.06. The first-order valence-electron chi connectivity index (χ1n) is 6.89. The van der Waals surface area contributed by atoms with Crippen LogP contribution in [0, 0.1) is 0 Å². The zero-order valence-electron chi connectivity index (χ0n) is 12.0. The van der Waals surface area contributed by atoms with Gasteiger partial charge in [0.15, 0.2) is 5.82 Å². The normalized spacial score (nSPS) is 11.3. The van der Waals surface area contributed by atoms with Crippen molar-refractivity contribution >= 4 is 10.9 Å². The Morgan fingerprint density at radius 2 is 2.29 bits per heavy atom. The monoisotopic (exact) mass is 286 g/mol. The Labute approximate surface area is 122 Å². The van der Waals surface area contributed by atoms with Crippen molar-refractivity contribution in [2.75, 3.05) is 20.3 Å². The van der Waals surface area contributed by atoms with E-state index in [0.717, 1.165) is 19.7 Å². The maximum Gasteiger partial charge on any atom is 0.213 e. The Balaban J connectivity index is 1.75. The maximum atomic E-state index is 5.03. The molecule has 0 aliphatic heterocycles. The number of hydrogen-bond donors (Lipinski definition) is 1. The Morgan fingerprint density at radius 1 is 1.33 bits per heavy atom. The van der Waals surface area contributed by atoms with Gasteiger partial charge in [0, 0.05) is 31.9 Å². The summed E-state index contributed by atoms with van der Waals surface area (Å²) in [6.45, 7) is 3.00. The standard InChI is InChI=1S/C15H18N4O2/c1-20-7-5-16-9-12-2-3-13-4-6-19(14(13)8-12)10-15-17-11-21-18-15/h2-4,6,8,11,16H,5,7,9-10H2,1H3. The third-order valence-electron chi connectivity index (χ3n) is 3.37. The minimum Gasteiger partial charge on any atom is -0.383 e. The van der Waals surface area contributed by atoms with Crippen LogP contribution in [0.3, 0.4) is 0 Å². The lowest BCUT2D eigenvalue weighted by Crippen LogP contribution is -2.18. The number of nitrogens with zero attached hydrogens (tertiary/aromatic N) is 3. The molecule has 21 heavy (non-hydrogen) atoms. The van der Waals surface area contributed by atoms with Gasteiger partial charge in [0.2, 0.25) is 6.39 Å². The lowest BCUT2D eigenvalue weighted by atomic mass is 10.1. The van der Waals surface area contributed by atoms with E-state index in [1.54, 1.807) is 7.11 Å². The molecule has 0 spiro atoms. The van der Waals surface area contributed by atoms with Crippen molar-refractivity contribution in [1.29, 1.82) is 0 Å². The number of ether oxygens (including phenoxy) is 1. The quantitative estimate of drug-likeness (QED) is 0.671. The molecule has 2 heterocycles. The molecule has 0 fully saturated rings. The second kappa shape index (κ2) is 6.51. The molecule has 6 nitrogen and oxygen atoms in total. The Bertz CT molecular complexity index is 691. The second-order valence-corrected chi connectivity index (χ2v) is 4.85. The summed E-state index contributed by atoms with van der Waals surface area (Å²) in [6, 6.07) is 8.56. The SMILES string of the molecule is COCCNCc1ccc2ccn(Cc3ncon3)c2c1. The molecule has 0 unspecified atom stereocenters. The van der Waals surface area contributed by atoms with Crippen LogP contribution in [0.15, 0.2) is 41.4 Å². The highest BCUT2D eigenvalue weighted by Crippen LogP contribution is 2.18. The number of benzene rings is 1. The van der Waals surface area contributed by atoms with Crippen molar-refractivity contribution in [3.05, 3.63) is 48.2 Å². The summed E-state index contributed by atoms with van der Waals surface area (Å²) in [5.74, 6) is 0.677. The van der Waals surface area contributed by atoms with Gasteiger partial charge in [-0.05, 0) is 23.1 Å². The fraction of sp³-hybridized carbons (Fsp3) is 0.333. The summed E-state index contributed by atoms with van der Waals surface area (Å²) in [6.07, 6.45) is 3.40. The summed E-state index contributed by atoms with van der Waals surface area (Å²) < 4.78 is 11.9. The summed E-state index contributed by atoms with van der Waals surface area (Å²) in [5, 5.41) is 8.42. The van der Waals surface area contributed by atoms with Crippen LogP contribution in [0.2, 0.25) is 0 Å². The predicted molar refractivity (Wildman–Crippen MR) is 78.9 cm³/mol. The molecule has 0 atom stereocenters. The molecule has 6 heteroatoms. The van der Waals surface area contributed by atoms with Crippen molar-refractivity contribution < 1.29 is 9.26 Å². The lowest BCUT2D eigenvalue weighted by molar-refractivity contribution is 0.199. The number of aromatic nitrogens is 3. The van der Waals surface area contributed by atoms with Crippen LogP contribution in [0.5, 0.6) is 0 Å². The van der Waals surface area contributed by atoms with E-state index in [2.05, 4.69) is 44.3 Å². The predicted octanol–water partition coefficient (Wildman–Crippen LogP) is 1.81. The third-order valence-corrected chi connectivity index (χ3v) is 3.37. The molecule has 3 aromatic rings. The second-order valence-electron chi connectivity index (χ2n) is 4.85. The van der Waals surface area contributed by atoms with Gasteiger partial charge >= 0.3 is 0 Å². The fourth-order valence-electron chi connectivity index (χ4n) is 2.30. The summed E-state index contributed by atoms with van der Waals surface area (Å²) in [7, 11) is 1.71. The van der Waals surface area contributed by atoms with E-state index in [1.165, 1.54) is 22.9 Å². The van der Waals surface area contributed by atoms with Gasteiger partial charge in [-0.15, -0.1) is 0 Å². The van der Waals surface area contributed by atoms with Crippen molar-refractivity contribution in [1.82, 2.24) is 20.0 Å². The number of fused-ring (bicyclic) bond motifs is 1. The average molecular weight is 286 g/mol. The van der Waals surface area contributed by atoms with Crippen LogP contribution < -0.4 is 5.32 Å². The molecular formula is C15H18N4O2. The molecule has 1 aromatic carbocycles. The smallest absolute Gasteiger partial charge is 0.213 e. The van der Waals surface area contributed by atoms with Crippen LogP contribution in [0.4, 0.5) is 0 Å². The van der Waals surface area contributed by atoms with Gasteiger partial charge < -0.3 is 19.1 Å². The molecule has 110 valence electrons. The topological polar surface area (TPSA) is 65.1 Å². The highest BCUT2D eigenvalue weighted by molar-refractivity contribution is 5.80. The highest BCUT2D eigenvalue weighted by atomic mass is 16.5. The first kappa shape index (κ1) is 13.8. The fourth-order valence-corrected chi connectivity index (χ4v) is 2.30. The molecule has 0 aliphatic rings. The minimum absolute atomic E-state index is 0.612. The van der Waals surface area contributed by atoms with E-state index in [4.69, 9.17) is 9.26 Å². The van der Waals surface area contributed by atoms with E-state index >= 15 is 0 Å². The molecule has 0 radical (unpaired) electrons. The van der Waals surface area contributed by atoms with Crippen molar-refractivity contribution in [2.24, 2.45) is 0 Å². The number of methoxy groups -OCH3 is 1. The number of rotatable bonds is 7. The number of hydrogen-bond acceptors (Lipinski definition) is 5. The molecule has 0 bridgehead atoms. The van der Waals surface area contributed by atoms with Gasteiger partial charge in [0.05, 0.1) is 13.2 Å². The van der Waals surface area contributed by atoms with Crippen LogP contribution in [0.25, 0.3) is 10.9 Å². The van der Waals surface area contributed by atoms with Crippen molar-refractivity contribution in [2.45, 2.75) is 13.1 Å². The molecule has 0 amide bonds. The molecular weight excluding hydrogens is 268 g/mol. The van der Waals surface area contributed by atoms with E-state index in [0.29, 0.717) is 12.4 Å². The first-order chi connectivity index (χ1) is 10.4. The molecule has 3 rings (SSSR count). The Kier molecular flexibility index (Phi) is 4.28. The van der Waals surface area contributed by atoms with E-state index in [1.807, 2.05) is 6.20 Å². The summed E-state index contributed by atoms with van der Waals surface area (Å²) >= 11 is 0. The third kappa shape index (κ3) is 3.29. The van der Waals surface area contributed by atoms with Crippen LogP contribution in [-0.4, -0.2) is 35.0 Å². The Morgan fingerprint density at radius 3 is 3.10 bits per heavy atom. The number of nitrogens with one attached hydrogen (secondary N) is 1. The van der Waals surface area contributed by atoms with Crippen LogP contribution >= 0.6 is 0 Å². The Hall–Kier alpha value is -2.18. The van der Waals surface area contributed by atoms with Gasteiger partial charge in [-0.2, -0.15) is 4.98 Å². The van der Waals surface area contributed by atoms with Gasteiger partial charge in [-0.25, -0.2) is 0 Å². The zero-order valence-corrected chi connectivity index (χ0v) is 12.0. The van der Waals surface area contributed by atoms with Gasteiger partial charge in [0.25, 0.3) is 0 Å². The molecule has 1 N–H and O–H groups in total. The molecule has 0 saturated heterocycles. The molecule has 0 aliphatic carbocycles. The van der Waals surface area contributed by atoms with E-state index < -0.39 is 0 Å². The molecule has 0 saturated carbocycles. The first-order valence-corrected chi connectivity index (χ1v) is 6.89. The van der Waals surface area contributed by atoms with Crippen LogP contribution in [0.1, 0.15) is 11.4 Å². The maximum absolute atomic E-state index is 5.03. The molecule has 2 aromatic heterocycles. The highest BCUT2D eigenvalue weighted by Gasteiger charge is 2.05. The van der Waals surface area contributed by atoms with Gasteiger partial charge in [0.1, 0.15) is 0 Å². The van der Waals surface area contributed by atoms with Crippen LogP contribution in [-0.2, 0) is 17.8 Å². The largest absolute Gasteiger partial charge is 0.383 e. The van der Waals surface area contributed by atoms with Crippen molar-refractivity contribution in [3.8, 4) is 0 Å². The zero-order chi connectivity index (χ0) is 14.5. The average Bonchev–Trinajstić information content (AvgIpc) is 3.14. The van der Waals surface area contributed by atoms with Gasteiger partial charge in [-0.3, -0.25) is 0 Å². The summed E-state index contributed by atoms with van der Waals surface area (Å²) in [4.78, 5) is 4.07. The van der Waals surface area contributed by atoms with Crippen molar-refractivity contribution in [3.63, 3.8) is 0 Å².